The van der Waals surface area contributed by atoms with Gasteiger partial charge in [-0.2, -0.15) is 26.3 Å². The summed E-state index contributed by atoms with van der Waals surface area (Å²) in [5.41, 5.74) is -2.74. The number of pyridine rings is 1. The Morgan fingerprint density at radius 2 is 1.71 bits per heavy atom. The Balaban J connectivity index is 1.41. The van der Waals surface area contributed by atoms with Crippen LogP contribution in [0.2, 0.25) is 0 Å². The molecule has 1 saturated carbocycles. The lowest BCUT2D eigenvalue weighted by Crippen LogP contribution is -2.53. The Morgan fingerprint density at radius 3 is 2.26 bits per heavy atom. The number of ether oxygens (including phenoxy) is 1. The molecule has 2 amide bonds. The molecule has 4 atom stereocenters. The highest BCUT2D eigenvalue weighted by Crippen LogP contribution is 2.45. The van der Waals surface area contributed by atoms with Crippen LogP contribution in [0.1, 0.15) is 52.4 Å². The molecule has 1 aliphatic carbocycles. The quantitative estimate of drug-likeness (QED) is 0.551. The molecular weight excluding hydrogens is 523 g/mol. The van der Waals surface area contributed by atoms with Gasteiger partial charge in [0, 0.05) is 29.9 Å². The van der Waals surface area contributed by atoms with E-state index in [9.17, 15) is 40.3 Å². The number of likely N-dealkylation sites (tertiary alicyclic amines) is 1. The number of carbonyl (C=O) groups is 2. The molecule has 3 aliphatic rings. The molecule has 1 aromatic carbocycles. The standard InChI is InChI=1S/C25H22F7N3O3/c26-18-7-15(24(27,28)29)2-3-17(18)21(14-10-38-11-14)34-22(36)20-6-12-1-4-19(12)35(20)23(37)13-5-16(9-33-8-13)25(30,31)32/h2-3,5,7-9,12,14,19-21H,1,4,6,10-11H2,(H,34,36)/t12-,19-,20-,21-/m1/s1. The normalized spacial score (nSPS) is 24.3. The number of halogens is 7. The van der Waals surface area contributed by atoms with Crippen molar-refractivity contribution in [2.45, 2.75) is 49.7 Å². The van der Waals surface area contributed by atoms with Gasteiger partial charge < -0.3 is 15.0 Å². The molecule has 38 heavy (non-hydrogen) atoms. The fraction of sp³-hybridized carbons (Fsp3) is 0.480. The van der Waals surface area contributed by atoms with Crippen LogP contribution in [-0.4, -0.2) is 47.0 Å². The third kappa shape index (κ3) is 4.83. The topological polar surface area (TPSA) is 71.5 Å². The first kappa shape index (κ1) is 26.4. The maximum absolute atomic E-state index is 14.8. The number of hydrogen-bond donors (Lipinski definition) is 1. The Hall–Kier alpha value is -3.22. The fourth-order valence-electron chi connectivity index (χ4n) is 5.31. The van der Waals surface area contributed by atoms with Crippen molar-refractivity contribution in [3.05, 3.63) is 64.7 Å². The van der Waals surface area contributed by atoms with E-state index in [1.807, 2.05) is 0 Å². The maximum atomic E-state index is 14.8. The summed E-state index contributed by atoms with van der Waals surface area (Å²) in [5, 5.41) is 2.69. The van der Waals surface area contributed by atoms with Gasteiger partial charge >= 0.3 is 12.4 Å². The fourth-order valence-corrected chi connectivity index (χ4v) is 5.31. The van der Waals surface area contributed by atoms with Crippen molar-refractivity contribution >= 4 is 11.8 Å². The highest BCUT2D eigenvalue weighted by atomic mass is 19.4. The van der Waals surface area contributed by atoms with E-state index >= 15 is 0 Å². The molecule has 0 bridgehead atoms. The molecule has 13 heteroatoms. The molecule has 1 aromatic heterocycles. The molecule has 5 rings (SSSR count). The zero-order valence-electron chi connectivity index (χ0n) is 19.7. The zero-order chi connectivity index (χ0) is 27.4. The summed E-state index contributed by atoms with van der Waals surface area (Å²) >= 11 is 0. The first-order valence-corrected chi connectivity index (χ1v) is 11.9. The molecule has 6 nitrogen and oxygen atoms in total. The number of nitrogens with zero attached hydrogens (tertiary/aromatic N) is 2. The summed E-state index contributed by atoms with van der Waals surface area (Å²) in [6.45, 7) is 0.278. The van der Waals surface area contributed by atoms with E-state index in [4.69, 9.17) is 4.74 Å². The Morgan fingerprint density at radius 1 is 1.00 bits per heavy atom. The van der Waals surface area contributed by atoms with Crippen LogP contribution >= 0.6 is 0 Å². The molecule has 3 fully saturated rings. The summed E-state index contributed by atoms with van der Waals surface area (Å²) < 4.78 is 98.5. The van der Waals surface area contributed by atoms with Crippen molar-refractivity contribution in [2.75, 3.05) is 13.2 Å². The van der Waals surface area contributed by atoms with Crippen LogP contribution in [0.15, 0.2) is 36.7 Å². The van der Waals surface area contributed by atoms with Crippen LogP contribution in [0.3, 0.4) is 0 Å². The Labute approximate surface area is 212 Å². The maximum Gasteiger partial charge on any atom is 0.417 e. The van der Waals surface area contributed by atoms with Crippen LogP contribution in [-0.2, 0) is 21.9 Å². The average molecular weight is 545 g/mol. The largest absolute Gasteiger partial charge is 0.417 e. The number of benzene rings is 1. The van der Waals surface area contributed by atoms with E-state index in [2.05, 4.69) is 10.3 Å². The van der Waals surface area contributed by atoms with Crippen molar-refractivity contribution in [1.82, 2.24) is 15.2 Å². The molecule has 1 N–H and O–H groups in total. The van der Waals surface area contributed by atoms with Crippen molar-refractivity contribution in [3.8, 4) is 0 Å². The summed E-state index contributed by atoms with van der Waals surface area (Å²) in [4.78, 5) is 31.6. The summed E-state index contributed by atoms with van der Waals surface area (Å²) in [5.74, 6) is -3.03. The molecule has 204 valence electrons. The summed E-state index contributed by atoms with van der Waals surface area (Å²) in [7, 11) is 0. The van der Waals surface area contributed by atoms with Gasteiger partial charge in [-0.1, -0.05) is 6.07 Å². The van der Waals surface area contributed by atoms with E-state index in [-0.39, 0.29) is 42.7 Å². The number of nitrogens with one attached hydrogen (secondary N) is 1. The lowest BCUT2D eigenvalue weighted by molar-refractivity contribution is -0.138. The van der Waals surface area contributed by atoms with Gasteiger partial charge in [-0.05, 0) is 43.4 Å². The van der Waals surface area contributed by atoms with Crippen molar-refractivity contribution in [3.63, 3.8) is 0 Å². The number of carbonyl (C=O) groups excluding carboxylic acids is 2. The number of fused-ring (bicyclic) bond motifs is 1. The van der Waals surface area contributed by atoms with Crippen LogP contribution in [0, 0.1) is 17.7 Å². The van der Waals surface area contributed by atoms with Gasteiger partial charge in [-0.25, -0.2) is 4.39 Å². The Kier molecular flexibility index (Phi) is 6.60. The molecular formula is C25H22F7N3O3. The van der Waals surface area contributed by atoms with Crippen LogP contribution in [0.5, 0.6) is 0 Å². The van der Waals surface area contributed by atoms with Crippen molar-refractivity contribution in [1.29, 1.82) is 0 Å². The molecule has 2 aromatic rings. The predicted molar refractivity (Wildman–Crippen MR) is 117 cm³/mol. The van der Waals surface area contributed by atoms with E-state index in [0.29, 0.717) is 24.8 Å². The molecule has 0 unspecified atom stereocenters. The van der Waals surface area contributed by atoms with Gasteiger partial charge in [0.15, 0.2) is 0 Å². The minimum absolute atomic E-state index is 0.0262. The lowest BCUT2D eigenvalue weighted by atomic mass is 9.80. The molecule has 0 spiro atoms. The highest BCUT2D eigenvalue weighted by molar-refractivity contribution is 5.98. The molecule has 3 heterocycles. The minimum atomic E-state index is -4.75. The molecule has 2 saturated heterocycles. The van der Waals surface area contributed by atoms with E-state index in [0.717, 1.165) is 24.8 Å². The Bertz CT molecular complexity index is 1250. The SMILES string of the molecule is O=C(N[C@@H](c1ccc(C(F)(F)F)cc1F)C1COC1)[C@H]1C[C@H]2CC[C@H]2N1C(=O)c1cncc(C(F)(F)F)c1. The van der Waals surface area contributed by atoms with Gasteiger partial charge in [-0.15, -0.1) is 0 Å². The number of alkyl halides is 6. The summed E-state index contributed by atoms with van der Waals surface area (Å²) in [6, 6.07) is 0.323. The smallest absolute Gasteiger partial charge is 0.381 e. The summed E-state index contributed by atoms with van der Waals surface area (Å²) in [6.07, 6.45) is -6.30. The van der Waals surface area contributed by atoms with Crippen molar-refractivity contribution in [2.24, 2.45) is 11.8 Å². The monoisotopic (exact) mass is 545 g/mol. The second-order valence-corrected chi connectivity index (χ2v) is 9.85. The lowest BCUT2D eigenvalue weighted by Gasteiger charge is -2.38. The number of amides is 2. The van der Waals surface area contributed by atoms with Crippen LogP contribution < -0.4 is 5.32 Å². The number of hydrogen-bond acceptors (Lipinski definition) is 4. The van der Waals surface area contributed by atoms with Gasteiger partial charge in [0.25, 0.3) is 5.91 Å². The predicted octanol–water partition coefficient (Wildman–Crippen LogP) is 4.76. The van der Waals surface area contributed by atoms with Gasteiger partial charge in [0.1, 0.15) is 11.9 Å². The second-order valence-electron chi connectivity index (χ2n) is 9.85. The minimum Gasteiger partial charge on any atom is -0.381 e. The third-order valence-corrected chi connectivity index (χ3v) is 7.54. The molecule has 0 radical (unpaired) electrons. The first-order valence-electron chi connectivity index (χ1n) is 11.9. The van der Waals surface area contributed by atoms with Crippen molar-refractivity contribution < 1.29 is 45.1 Å². The molecule has 2 aliphatic heterocycles. The zero-order valence-corrected chi connectivity index (χ0v) is 19.7. The third-order valence-electron chi connectivity index (χ3n) is 7.54. The van der Waals surface area contributed by atoms with Gasteiger partial charge in [-0.3, -0.25) is 14.6 Å². The van der Waals surface area contributed by atoms with Gasteiger partial charge in [0.05, 0.1) is 35.9 Å². The highest BCUT2D eigenvalue weighted by Gasteiger charge is 2.52. The van der Waals surface area contributed by atoms with E-state index < -0.39 is 59.1 Å². The number of rotatable bonds is 5. The van der Waals surface area contributed by atoms with Gasteiger partial charge in [0.2, 0.25) is 5.91 Å². The van der Waals surface area contributed by atoms with Crippen LogP contribution in [0.4, 0.5) is 30.7 Å². The van der Waals surface area contributed by atoms with E-state index in [1.54, 1.807) is 0 Å². The average Bonchev–Trinajstić information content (AvgIpc) is 3.05. The van der Waals surface area contributed by atoms with Crippen LogP contribution in [0.25, 0.3) is 0 Å². The second kappa shape index (κ2) is 9.51. The van der Waals surface area contributed by atoms with E-state index in [1.165, 1.54) is 4.90 Å². The number of aromatic nitrogens is 1. The first-order chi connectivity index (χ1) is 17.8.